The van der Waals surface area contributed by atoms with Crippen LogP contribution in [0.3, 0.4) is 0 Å². The van der Waals surface area contributed by atoms with E-state index < -0.39 is 0 Å². The maximum absolute atomic E-state index is 9.77. The molecular formula is C10H18O2. The highest BCUT2D eigenvalue weighted by atomic mass is 16.6. The minimum Gasteiger partial charge on any atom is -0.390 e. The summed E-state index contributed by atoms with van der Waals surface area (Å²) < 4.78 is 5.97. The zero-order valence-corrected chi connectivity index (χ0v) is 8.13. The number of aliphatic hydroxyl groups is 1. The molecule has 2 aliphatic rings. The van der Waals surface area contributed by atoms with Gasteiger partial charge in [0.1, 0.15) is 0 Å². The van der Waals surface area contributed by atoms with Gasteiger partial charge in [-0.15, -0.1) is 0 Å². The number of fused-ring (bicyclic) bond motifs is 2. The highest BCUT2D eigenvalue weighted by Gasteiger charge is 2.59. The normalized spacial score (nSPS) is 52.2. The van der Waals surface area contributed by atoms with Crippen molar-refractivity contribution in [2.24, 2.45) is 5.92 Å². The first-order chi connectivity index (χ1) is 5.49. The minimum atomic E-state index is -0.242. The van der Waals surface area contributed by atoms with E-state index in [4.69, 9.17) is 4.74 Å². The summed E-state index contributed by atoms with van der Waals surface area (Å²) in [6.45, 7) is 6.41. The third kappa shape index (κ3) is 0.882. The lowest BCUT2D eigenvalue weighted by Gasteiger charge is -2.29. The molecule has 0 amide bonds. The number of hydrogen-bond donors (Lipinski definition) is 1. The molecule has 12 heavy (non-hydrogen) atoms. The molecule has 2 fully saturated rings. The molecule has 2 rings (SSSR count). The Hall–Kier alpha value is -0.0800. The van der Waals surface area contributed by atoms with Crippen molar-refractivity contribution in [2.75, 3.05) is 0 Å². The van der Waals surface area contributed by atoms with Crippen LogP contribution in [0.5, 0.6) is 0 Å². The molecule has 2 aliphatic heterocycles. The molecule has 3 atom stereocenters. The molecule has 0 aromatic rings. The molecule has 1 unspecified atom stereocenters. The van der Waals surface area contributed by atoms with Crippen molar-refractivity contribution in [3.05, 3.63) is 0 Å². The molecule has 2 nitrogen and oxygen atoms in total. The Morgan fingerprint density at radius 3 is 2.33 bits per heavy atom. The average molecular weight is 170 g/mol. The van der Waals surface area contributed by atoms with E-state index >= 15 is 0 Å². The van der Waals surface area contributed by atoms with Crippen molar-refractivity contribution in [1.82, 2.24) is 0 Å². The van der Waals surface area contributed by atoms with E-state index in [0.717, 1.165) is 19.3 Å². The van der Waals surface area contributed by atoms with Gasteiger partial charge >= 0.3 is 0 Å². The maximum Gasteiger partial charge on any atom is 0.0922 e. The third-order valence-corrected chi connectivity index (χ3v) is 3.78. The second-order valence-corrected chi connectivity index (χ2v) is 4.85. The van der Waals surface area contributed by atoms with Gasteiger partial charge in [0, 0.05) is 6.42 Å². The van der Waals surface area contributed by atoms with Crippen LogP contribution in [0.15, 0.2) is 0 Å². The summed E-state index contributed by atoms with van der Waals surface area (Å²) in [6, 6.07) is 0. The SMILES string of the molecule is CC(C)[C@@]12CC[C@@](C)(O1)C(O)C2. The zero-order chi connectivity index (χ0) is 8.98. The Bertz CT molecular complexity index is 202. The van der Waals surface area contributed by atoms with Crippen LogP contribution in [0.1, 0.15) is 40.0 Å². The fraction of sp³-hybridized carbons (Fsp3) is 1.00. The van der Waals surface area contributed by atoms with Gasteiger partial charge < -0.3 is 9.84 Å². The van der Waals surface area contributed by atoms with Gasteiger partial charge in [-0.05, 0) is 25.7 Å². The summed E-state index contributed by atoms with van der Waals surface area (Å²) in [5.74, 6) is 0.525. The van der Waals surface area contributed by atoms with E-state index in [2.05, 4.69) is 13.8 Å². The van der Waals surface area contributed by atoms with E-state index in [0.29, 0.717) is 5.92 Å². The molecule has 0 aromatic heterocycles. The second-order valence-electron chi connectivity index (χ2n) is 4.85. The number of aliphatic hydroxyl groups excluding tert-OH is 1. The molecule has 2 bridgehead atoms. The smallest absolute Gasteiger partial charge is 0.0922 e. The van der Waals surface area contributed by atoms with Gasteiger partial charge in [-0.25, -0.2) is 0 Å². The van der Waals surface area contributed by atoms with Gasteiger partial charge in [-0.2, -0.15) is 0 Å². The van der Waals surface area contributed by atoms with Crippen LogP contribution < -0.4 is 0 Å². The lowest BCUT2D eigenvalue weighted by molar-refractivity contribution is -0.0801. The minimum absolute atomic E-state index is 0.00579. The topological polar surface area (TPSA) is 29.5 Å². The number of hydrogen-bond acceptors (Lipinski definition) is 2. The predicted molar refractivity (Wildman–Crippen MR) is 46.9 cm³/mol. The molecule has 0 aromatic carbocycles. The second kappa shape index (κ2) is 2.24. The van der Waals surface area contributed by atoms with Gasteiger partial charge in [-0.3, -0.25) is 0 Å². The fourth-order valence-electron chi connectivity index (χ4n) is 2.59. The van der Waals surface area contributed by atoms with E-state index in [1.54, 1.807) is 0 Å². The Morgan fingerprint density at radius 1 is 1.42 bits per heavy atom. The predicted octanol–water partition coefficient (Wildman–Crippen LogP) is 1.71. The quantitative estimate of drug-likeness (QED) is 0.649. The van der Waals surface area contributed by atoms with Crippen LogP contribution in [0.2, 0.25) is 0 Å². The monoisotopic (exact) mass is 170 g/mol. The van der Waals surface area contributed by atoms with Crippen molar-refractivity contribution in [2.45, 2.75) is 57.3 Å². The van der Waals surface area contributed by atoms with Gasteiger partial charge in [0.2, 0.25) is 0 Å². The van der Waals surface area contributed by atoms with Crippen LogP contribution in [-0.4, -0.2) is 22.4 Å². The largest absolute Gasteiger partial charge is 0.390 e. The van der Waals surface area contributed by atoms with Gasteiger partial charge in [0.15, 0.2) is 0 Å². The average Bonchev–Trinajstić information content (AvgIpc) is 2.41. The van der Waals surface area contributed by atoms with Crippen molar-refractivity contribution in [1.29, 1.82) is 0 Å². The van der Waals surface area contributed by atoms with Gasteiger partial charge in [0.25, 0.3) is 0 Å². The van der Waals surface area contributed by atoms with E-state index in [1.807, 2.05) is 6.92 Å². The first kappa shape index (κ1) is 8.52. The first-order valence-electron chi connectivity index (χ1n) is 4.87. The Balaban J connectivity index is 2.25. The van der Waals surface area contributed by atoms with Crippen LogP contribution in [0.4, 0.5) is 0 Å². The summed E-state index contributed by atoms with van der Waals surface area (Å²) in [7, 11) is 0. The Labute approximate surface area is 73.9 Å². The zero-order valence-electron chi connectivity index (χ0n) is 8.13. The Kier molecular flexibility index (Phi) is 1.59. The molecule has 0 saturated carbocycles. The third-order valence-electron chi connectivity index (χ3n) is 3.78. The fourth-order valence-corrected chi connectivity index (χ4v) is 2.59. The summed E-state index contributed by atoms with van der Waals surface area (Å²) in [5, 5.41) is 9.77. The van der Waals surface area contributed by atoms with Crippen LogP contribution in [0.25, 0.3) is 0 Å². The van der Waals surface area contributed by atoms with Crippen molar-refractivity contribution < 1.29 is 9.84 Å². The maximum atomic E-state index is 9.77. The van der Waals surface area contributed by atoms with Gasteiger partial charge in [0.05, 0.1) is 17.3 Å². The molecule has 0 spiro atoms. The van der Waals surface area contributed by atoms with Gasteiger partial charge in [-0.1, -0.05) is 13.8 Å². The van der Waals surface area contributed by atoms with Crippen LogP contribution in [0, 0.1) is 5.92 Å². The standard InChI is InChI=1S/C10H18O2/c1-7(2)10-5-4-9(3,12-10)8(11)6-10/h7-8,11H,4-6H2,1-3H3/t8?,9-,10+/m1/s1. The molecule has 0 radical (unpaired) electrons. The van der Waals surface area contributed by atoms with E-state index in [1.165, 1.54) is 0 Å². The molecule has 2 heteroatoms. The summed E-state index contributed by atoms with van der Waals surface area (Å²) in [4.78, 5) is 0. The number of rotatable bonds is 1. The summed E-state index contributed by atoms with van der Waals surface area (Å²) in [6.07, 6.45) is 2.74. The highest BCUT2D eigenvalue weighted by molar-refractivity contribution is 5.09. The van der Waals surface area contributed by atoms with Crippen LogP contribution in [-0.2, 0) is 4.74 Å². The highest BCUT2D eigenvalue weighted by Crippen LogP contribution is 2.53. The molecule has 2 saturated heterocycles. The van der Waals surface area contributed by atoms with E-state index in [9.17, 15) is 5.11 Å². The Morgan fingerprint density at radius 2 is 2.08 bits per heavy atom. The molecule has 70 valence electrons. The molecular weight excluding hydrogens is 152 g/mol. The molecule has 2 heterocycles. The summed E-state index contributed by atoms with van der Waals surface area (Å²) in [5.41, 5.74) is -0.238. The van der Waals surface area contributed by atoms with Crippen molar-refractivity contribution >= 4 is 0 Å². The lowest BCUT2D eigenvalue weighted by Crippen LogP contribution is -2.36. The first-order valence-corrected chi connectivity index (χ1v) is 4.87. The molecule has 1 N–H and O–H groups in total. The van der Waals surface area contributed by atoms with Crippen LogP contribution >= 0.6 is 0 Å². The number of ether oxygens (including phenoxy) is 1. The van der Waals surface area contributed by atoms with Crippen molar-refractivity contribution in [3.8, 4) is 0 Å². The summed E-state index contributed by atoms with van der Waals surface area (Å²) >= 11 is 0. The van der Waals surface area contributed by atoms with E-state index in [-0.39, 0.29) is 17.3 Å². The van der Waals surface area contributed by atoms with Crippen molar-refractivity contribution in [3.63, 3.8) is 0 Å². The lowest BCUT2D eigenvalue weighted by atomic mass is 9.76. The molecule has 0 aliphatic carbocycles.